The van der Waals surface area contributed by atoms with Crippen molar-refractivity contribution in [2.75, 3.05) is 57.5 Å². The number of carbonyl (C=O) groups excluding carboxylic acids is 3. The fourth-order valence-corrected chi connectivity index (χ4v) is 9.04. The van der Waals surface area contributed by atoms with Crippen molar-refractivity contribution >= 4 is 51.8 Å². The summed E-state index contributed by atoms with van der Waals surface area (Å²) in [6.07, 6.45) is 2.07. The lowest BCUT2D eigenvalue weighted by molar-refractivity contribution is -0.130. The molecule has 1 saturated heterocycles. The second-order valence-electron chi connectivity index (χ2n) is 16.5. The number of aromatic nitrogens is 1. The number of likely N-dealkylation sites (tertiary alicyclic amines) is 1. The van der Waals surface area contributed by atoms with Crippen LogP contribution < -0.4 is 26.2 Å². The third-order valence-electron chi connectivity index (χ3n) is 12.1. The second-order valence-corrected chi connectivity index (χ2v) is 16.9. The van der Waals surface area contributed by atoms with E-state index in [4.69, 9.17) is 21.1 Å². The molecule has 0 bridgehead atoms. The number of methoxy groups -OCH3 is 1. The van der Waals surface area contributed by atoms with Gasteiger partial charge in [-0.15, -0.1) is 0 Å². The Hall–Kier alpha value is -5.93. The number of amides is 3. The Morgan fingerprint density at radius 2 is 1.67 bits per heavy atom. The number of benzene rings is 4. The third-order valence-corrected chi connectivity index (χ3v) is 12.4. The lowest BCUT2D eigenvalue weighted by Crippen LogP contribution is -2.33. The van der Waals surface area contributed by atoms with Crippen molar-refractivity contribution in [2.24, 2.45) is 11.8 Å². The molecule has 1 aliphatic carbocycles. The van der Waals surface area contributed by atoms with E-state index in [9.17, 15) is 29.4 Å². The van der Waals surface area contributed by atoms with Gasteiger partial charge in [0, 0.05) is 87.8 Å². The number of hydrogen-bond acceptors (Lipinski definition) is 10. The smallest absolute Gasteiger partial charge is 0.411 e. The van der Waals surface area contributed by atoms with Crippen LogP contribution in [0, 0.1) is 11.8 Å². The highest BCUT2D eigenvalue weighted by molar-refractivity contribution is 6.33. The molecule has 2 unspecified atom stereocenters. The van der Waals surface area contributed by atoms with E-state index in [0.717, 1.165) is 48.3 Å². The Labute approximate surface area is 371 Å². The largest absolute Gasteiger partial charge is 0.506 e. The molecule has 14 nitrogen and oxygen atoms in total. The van der Waals surface area contributed by atoms with Gasteiger partial charge >= 0.3 is 6.09 Å². The molecule has 2 aliphatic rings. The maximum atomic E-state index is 13.0. The van der Waals surface area contributed by atoms with Crippen LogP contribution in [0.3, 0.4) is 0 Å². The van der Waals surface area contributed by atoms with Gasteiger partial charge in [0.05, 0.1) is 35.1 Å². The average molecular weight is 879 g/mol. The van der Waals surface area contributed by atoms with Crippen LogP contribution in [-0.4, -0.2) is 95.9 Å². The Bertz CT molecular complexity index is 2450. The third kappa shape index (κ3) is 11.6. The summed E-state index contributed by atoms with van der Waals surface area (Å²) in [7, 11) is 3.32. The highest BCUT2D eigenvalue weighted by Gasteiger charge is 2.42. The van der Waals surface area contributed by atoms with Crippen molar-refractivity contribution in [3.05, 3.63) is 117 Å². The van der Waals surface area contributed by atoms with E-state index in [2.05, 4.69) is 25.8 Å². The first kappa shape index (κ1) is 45.1. The number of nitrogens with one attached hydrogen (secondary N) is 4. The summed E-state index contributed by atoms with van der Waals surface area (Å²) >= 11 is 6.58. The molecule has 3 amide bonds. The number of unbranched alkanes of at least 4 members (excludes halogenated alkanes) is 1. The molecular formula is C48H55ClN6O8. The quantitative estimate of drug-likeness (QED) is 0.0488. The number of nitrogens with zero attached hydrogens (tertiary/aromatic N) is 2. The zero-order valence-electron chi connectivity index (χ0n) is 35.6. The number of aromatic amines is 1. The van der Waals surface area contributed by atoms with Gasteiger partial charge in [-0.05, 0) is 72.9 Å². The molecule has 4 atom stereocenters. The van der Waals surface area contributed by atoms with Gasteiger partial charge in [-0.2, -0.15) is 0 Å². The number of aromatic hydroxyl groups is 1. The lowest BCUT2D eigenvalue weighted by atomic mass is 10.0. The van der Waals surface area contributed by atoms with Crippen LogP contribution in [0.4, 0.5) is 16.2 Å². The topological polar surface area (TPSA) is 186 Å². The van der Waals surface area contributed by atoms with Crippen LogP contribution in [0.2, 0.25) is 5.02 Å². The SMILES string of the molecule is COc1cc(NC(=O)CCCCN(C)C(=O)CCN2CC3CC(OC(=O)Nc4ccccc4-c4ccccc4)C[C@H]3C2)c(Cl)cc1CNC[C@H](O)c1ccc(O)c2[nH]c(=O)ccc12. The van der Waals surface area contributed by atoms with Crippen LogP contribution in [0.15, 0.2) is 95.8 Å². The molecule has 15 heteroatoms. The van der Waals surface area contributed by atoms with Gasteiger partial charge in [-0.25, -0.2) is 4.79 Å². The minimum atomic E-state index is -0.942. The summed E-state index contributed by atoms with van der Waals surface area (Å²) in [6.45, 7) is 3.47. The number of halogens is 1. The van der Waals surface area contributed by atoms with E-state index >= 15 is 0 Å². The molecular weight excluding hydrogens is 824 g/mol. The molecule has 4 aromatic carbocycles. The molecule has 63 heavy (non-hydrogen) atoms. The number of aliphatic hydroxyl groups is 1. The highest BCUT2D eigenvalue weighted by atomic mass is 35.5. The van der Waals surface area contributed by atoms with E-state index in [1.807, 2.05) is 54.6 Å². The van der Waals surface area contributed by atoms with Gasteiger partial charge in [0.1, 0.15) is 17.6 Å². The number of carbonyl (C=O) groups is 3. The number of anilines is 2. The average Bonchev–Trinajstić information content (AvgIpc) is 3.84. The molecule has 332 valence electrons. The highest BCUT2D eigenvalue weighted by Crippen LogP contribution is 2.40. The lowest BCUT2D eigenvalue weighted by Gasteiger charge is -2.21. The molecule has 6 N–H and O–H groups in total. The van der Waals surface area contributed by atoms with Crippen molar-refractivity contribution < 1.29 is 34.1 Å². The first-order valence-electron chi connectivity index (χ1n) is 21.4. The summed E-state index contributed by atoms with van der Waals surface area (Å²) in [6, 6.07) is 27.0. The van der Waals surface area contributed by atoms with E-state index in [-0.39, 0.29) is 47.7 Å². The summed E-state index contributed by atoms with van der Waals surface area (Å²) in [5.74, 6) is 1.15. The summed E-state index contributed by atoms with van der Waals surface area (Å²) in [5, 5.41) is 31.0. The minimum absolute atomic E-state index is 0.0690. The molecule has 1 saturated carbocycles. The van der Waals surface area contributed by atoms with Crippen molar-refractivity contribution in [3.8, 4) is 22.6 Å². The zero-order chi connectivity index (χ0) is 44.5. The fourth-order valence-electron chi connectivity index (χ4n) is 8.81. The van der Waals surface area contributed by atoms with E-state index in [1.54, 1.807) is 36.2 Å². The molecule has 5 aromatic rings. The van der Waals surface area contributed by atoms with Gasteiger partial charge in [-0.3, -0.25) is 19.7 Å². The van der Waals surface area contributed by atoms with Crippen molar-refractivity contribution in [1.29, 1.82) is 0 Å². The fraction of sp³-hybridized carbons (Fsp3) is 0.375. The Morgan fingerprint density at radius 3 is 2.43 bits per heavy atom. The predicted molar refractivity (Wildman–Crippen MR) is 244 cm³/mol. The van der Waals surface area contributed by atoms with Crippen molar-refractivity contribution in [1.82, 2.24) is 20.1 Å². The maximum Gasteiger partial charge on any atom is 0.411 e. The second kappa shape index (κ2) is 21.0. The Balaban J connectivity index is 0.774. The standard InChI is InChI=1S/C48H55ClN6O8/c1-54(46(60)19-21-55-28-32-22-34(23-33(32)29-55)63-48(61)52-39-13-7-6-12-35(39)30-10-4-3-5-11-30)20-9-8-14-44(58)51-40-25-43(62-2)31(24-38(40)49)26-50-27-42(57)36-15-17-41(56)47-37(36)16-18-45(59)53-47/h3-7,10-13,15-18,24-25,32-34,42,50,56-57H,8-9,14,19-23,26-29H2,1-2H3,(H,51,58)(H,52,61)(H,53,59)/t32-,33?,34?,42-/m0/s1. The van der Waals surface area contributed by atoms with Crippen LogP contribution in [0.1, 0.15) is 55.8 Å². The molecule has 7 rings (SSSR count). The number of hydrogen-bond donors (Lipinski definition) is 6. The minimum Gasteiger partial charge on any atom is -0.506 e. The summed E-state index contributed by atoms with van der Waals surface area (Å²) < 4.78 is 11.5. The first-order chi connectivity index (χ1) is 30.4. The first-order valence-corrected chi connectivity index (χ1v) is 21.8. The Kier molecular flexibility index (Phi) is 15.0. The number of para-hydroxylation sites is 1. The van der Waals surface area contributed by atoms with Gasteiger partial charge in [0.25, 0.3) is 0 Å². The number of pyridine rings is 1. The van der Waals surface area contributed by atoms with Gasteiger partial charge in [0.15, 0.2) is 0 Å². The van der Waals surface area contributed by atoms with Crippen molar-refractivity contribution in [3.63, 3.8) is 0 Å². The number of ether oxygens (including phenoxy) is 2. The number of phenols is 1. The van der Waals surface area contributed by atoms with Crippen molar-refractivity contribution in [2.45, 2.75) is 57.3 Å². The maximum absolute atomic E-state index is 13.0. The molecule has 1 aromatic heterocycles. The number of aliphatic hydroxyl groups excluding tert-OH is 1. The van der Waals surface area contributed by atoms with Crippen LogP contribution >= 0.6 is 11.6 Å². The molecule has 1 aliphatic heterocycles. The molecule has 0 spiro atoms. The number of fused-ring (bicyclic) bond motifs is 2. The van der Waals surface area contributed by atoms with Gasteiger partial charge in [-0.1, -0.05) is 66.2 Å². The zero-order valence-corrected chi connectivity index (χ0v) is 36.3. The normalized spacial score (nSPS) is 17.6. The van der Waals surface area contributed by atoms with E-state index in [0.29, 0.717) is 78.1 Å². The van der Waals surface area contributed by atoms with E-state index < -0.39 is 12.2 Å². The molecule has 2 heterocycles. The predicted octanol–water partition coefficient (Wildman–Crippen LogP) is 7.30. The Morgan fingerprint density at radius 1 is 0.921 bits per heavy atom. The van der Waals surface area contributed by atoms with Crippen LogP contribution in [0.5, 0.6) is 11.5 Å². The number of phenolic OH excluding ortho intramolecular Hbond substituents is 1. The van der Waals surface area contributed by atoms with Crippen LogP contribution in [0.25, 0.3) is 22.0 Å². The van der Waals surface area contributed by atoms with Crippen LogP contribution in [-0.2, 0) is 20.9 Å². The van der Waals surface area contributed by atoms with E-state index in [1.165, 1.54) is 19.2 Å². The van der Waals surface area contributed by atoms with Gasteiger partial charge in [0.2, 0.25) is 17.4 Å². The van der Waals surface area contributed by atoms with Gasteiger partial charge < -0.3 is 45.1 Å². The molecule has 0 radical (unpaired) electrons. The molecule has 2 fully saturated rings. The summed E-state index contributed by atoms with van der Waals surface area (Å²) in [5.41, 5.74) is 4.26. The number of H-pyrrole nitrogens is 1. The monoisotopic (exact) mass is 878 g/mol. The summed E-state index contributed by atoms with van der Waals surface area (Å²) in [4.78, 5) is 57.2. The number of rotatable bonds is 18.